The van der Waals surface area contributed by atoms with Crippen LogP contribution in [0.3, 0.4) is 0 Å². The number of carbonyl (C=O) groups is 2. The van der Waals surface area contributed by atoms with E-state index in [1.807, 2.05) is 11.8 Å². The van der Waals surface area contributed by atoms with Gasteiger partial charge in [-0.05, 0) is 26.2 Å². The Morgan fingerprint density at radius 2 is 1.95 bits per heavy atom. The predicted octanol–water partition coefficient (Wildman–Crippen LogP) is 1.31. The van der Waals surface area contributed by atoms with Gasteiger partial charge in [-0.15, -0.1) is 0 Å². The molecule has 1 aliphatic heterocycles. The summed E-state index contributed by atoms with van der Waals surface area (Å²) in [5.74, 6) is -0.0612. The largest absolute Gasteiger partial charge is 0.466 e. The van der Waals surface area contributed by atoms with Gasteiger partial charge in [-0.3, -0.25) is 9.59 Å². The lowest BCUT2D eigenvalue weighted by molar-refractivity contribution is -0.151. The van der Waals surface area contributed by atoms with Crippen molar-refractivity contribution >= 4 is 11.9 Å². The molecule has 5 heteroatoms. The summed E-state index contributed by atoms with van der Waals surface area (Å²) < 4.78 is 5.01. The van der Waals surface area contributed by atoms with Crippen molar-refractivity contribution in [1.29, 1.82) is 0 Å². The molecule has 1 saturated heterocycles. The summed E-state index contributed by atoms with van der Waals surface area (Å²) in [6.45, 7) is 5.58. The highest BCUT2D eigenvalue weighted by molar-refractivity contribution is 5.77. The van der Waals surface area contributed by atoms with Crippen LogP contribution in [0, 0.1) is 5.92 Å². The Labute approximate surface area is 115 Å². The number of nitrogens with zero attached hydrogens (tertiary/aromatic N) is 1. The highest BCUT2D eigenvalue weighted by Crippen LogP contribution is 2.19. The van der Waals surface area contributed by atoms with Crippen molar-refractivity contribution in [2.45, 2.75) is 52.0 Å². The van der Waals surface area contributed by atoms with Gasteiger partial charge < -0.3 is 15.4 Å². The Kier molecular flexibility index (Phi) is 6.84. The van der Waals surface area contributed by atoms with Gasteiger partial charge in [-0.1, -0.05) is 13.3 Å². The molecule has 1 heterocycles. The second kappa shape index (κ2) is 8.15. The van der Waals surface area contributed by atoms with E-state index in [2.05, 4.69) is 6.92 Å². The van der Waals surface area contributed by atoms with Crippen molar-refractivity contribution < 1.29 is 14.3 Å². The van der Waals surface area contributed by atoms with Crippen molar-refractivity contribution in [1.82, 2.24) is 4.90 Å². The summed E-state index contributed by atoms with van der Waals surface area (Å²) in [4.78, 5) is 25.4. The maximum Gasteiger partial charge on any atom is 0.309 e. The third-order valence-corrected chi connectivity index (χ3v) is 3.56. The quantitative estimate of drug-likeness (QED) is 0.738. The van der Waals surface area contributed by atoms with E-state index in [1.165, 1.54) is 0 Å². The van der Waals surface area contributed by atoms with E-state index in [0.29, 0.717) is 39.0 Å². The molecule has 1 rings (SSSR count). The van der Waals surface area contributed by atoms with Crippen LogP contribution in [0.1, 0.15) is 46.0 Å². The summed E-state index contributed by atoms with van der Waals surface area (Å²) in [5, 5.41) is 0. The molecule has 1 fully saturated rings. The lowest BCUT2D eigenvalue weighted by Crippen LogP contribution is -2.42. The summed E-state index contributed by atoms with van der Waals surface area (Å²) in [6.07, 6.45) is 3.70. The smallest absolute Gasteiger partial charge is 0.309 e. The number of hydrogen-bond acceptors (Lipinski definition) is 4. The molecule has 110 valence electrons. The Morgan fingerprint density at radius 1 is 1.32 bits per heavy atom. The van der Waals surface area contributed by atoms with Crippen LogP contribution in [0.4, 0.5) is 0 Å². The average molecular weight is 270 g/mol. The minimum atomic E-state index is -0.128. The Balaban J connectivity index is 2.32. The molecule has 0 bridgehead atoms. The van der Waals surface area contributed by atoms with E-state index >= 15 is 0 Å². The standard InChI is InChI=1S/C14H26N2O3/c1-3-5-12(15)10-13(17)16-8-6-11(7-9-16)14(18)19-4-2/h11-12H,3-10,15H2,1-2H3. The third kappa shape index (κ3) is 5.19. The molecule has 2 N–H and O–H groups in total. The van der Waals surface area contributed by atoms with Gasteiger partial charge in [0.15, 0.2) is 0 Å². The third-order valence-electron chi connectivity index (χ3n) is 3.56. The molecule has 5 nitrogen and oxygen atoms in total. The fourth-order valence-corrected chi connectivity index (χ4v) is 2.45. The summed E-state index contributed by atoms with van der Waals surface area (Å²) in [5.41, 5.74) is 5.89. The van der Waals surface area contributed by atoms with Gasteiger partial charge in [0.1, 0.15) is 0 Å². The van der Waals surface area contributed by atoms with Crippen LogP contribution in [0.25, 0.3) is 0 Å². The zero-order valence-electron chi connectivity index (χ0n) is 12.1. The molecule has 0 spiro atoms. The van der Waals surface area contributed by atoms with Crippen LogP contribution in [-0.2, 0) is 14.3 Å². The minimum Gasteiger partial charge on any atom is -0.466 e. The molecule has 0 aromatic carbocycles. The predicted molar refractivity (Wildman–Crippen MR) is 73.4 cm³/mol. The van der Waals surface area contributed by atoms with Gasteiger partial charge in [-0.25, -0.2) is 0 Å². The van der Waals surface area contributed by atoms with Gasteiger partial charge in [0.2, 0.25) is 5.91 Å². The summed E-state index contributed by atoms with van der Waals surface area (Å²) in [7, 11) is 0. The second-order valence-corrected chi connectivity index (χ2v) is 5.16. The average Bonchev–Trinajstić information content (AvgIpc) is 2.39. The number of ether oxygens (including phenoxy) is 1. The van der Waals surface area contributed by atoms with Crippen LogP contribution in [0.2, 0.25) is 0 Å². The van der Waals surface area contributed by atoms with Gasteiger partial charge in [0.25, 0.3) is 0 Å². The van der Waals surface area contributed by atoms with Crippen molar-refractivity contribution in [2.24, 2.45) is 11.7 Å². The van der Waals surface area contributed by atoms with Crippen LogP contribution in [-0.4, -0.2) is 42.5 Å². The molecule has 1 amide bonds. The molecule has 0 saturated carbocycles. The zero-order valence-corrected chi connectivity index (χ0v) is 12.1. The van der Waals surface area contributed by atoms with Crippen molar-refractivity contribution in [3.8, 4) is 0 Å². The first-order chi connectivity index (χ1) is 9.08. The first-order valence-corrected chi connectivity index (χ1v) is 7.28. The van der Waals surface area contributed by atoms with E-state index in [9.17, 15) is 9.59 Å². The van der Waals surface area contributed by atoms with Crippen molar-refractivity contribution in [3.05, 3.63) is 0 Å². The molecule has 1 unspecified atom stereocenters. The summed E-state index contributed by atoms with van der Waals surface area (Å²) in [6, 6.07) is -0.0414. The number of amides is 1. The van der Waals surface area contributed by atoms with Gasteiger partial charge >= 0.3 is 5.97 Å². The molecular formula is C14H26N2O3. The Hall–Kier alpha value is -1.10. The highest BCUT2D eigenvalue weighted by Gasteiger charge is 2.28. The molecule has 0 aromatic heterocycles. The van der Waals surface area contributed by atoms with Crippen LogP contribution in [0.5, 0.6) is 0 Å². The number of likely N-dealkylation sites (tertiary alicyclic amines) is 1. The van der Waals surface area contributed by atoms with Gasteiger partial charge in [-0.2, -0.15) is 0 Å². The van der Waals surface area contributed by atoms with Crippen LogP contribution >= 0.6 is 0 Å². The van der Waals surface area contributed by atoms with E-state index in [0.717, 1.165) is 12.8 Å². The fourth-order valence-electron chi connectivity index (χ4n) is 2.45. The van der Waals surface area contributed by atoms with Crippen LogP contribution in [0.15, 0.2) is 0 Å². The maximum atomic E-state index is 12.0. The molecule has 19 heavy (non-hydrogen) atoms. The SMILES string of the molecule is CCCC(N)CC(=O)N1CCC(C(=O)OCC)CC1. The van der Waals surface area contributed by atoms with E-state index < -0.39 is 0 Å². The van der Waals surface area contributed by atoms with Crippen molar-refractivity contribution in [2.75, 3.05) is 19.7 Å². The van der Waals surface area contributed by atoms with Crippen molar-refractivity contribution in [3.63, 3.8) is 0 Å². The number of nitrogens with two attached hydrogens (primary N) is 1. The number of carbonyl (C=O) groups excluding carboxylic acids is 2. The molecule has 1 atom stereocenters. The van der Waals surface area contributed by atoms with Crippen LogP contribution < -0.4 is 5.73 Å². The number of piperidine rings is 1. The molecule has 0 aromatic rings. The topological polar surface area (TPSA) is 72.6 Å². The number of rotatable bonds is 6. The number of hydrogen-bond donors (Lipinski definition) is 1. The Morgan fingerprint density at radius 3 is 2.47 bits per heavy atom. The lowest BCUT2D eigenvalue weighted by atomic mass is 9.96. The van der Waals surface area contributed by atoms with E-state index in [-0.39, 0.29) is 23.8 Å². The monoisotopic (exact) mass is 270 g/mol. The first-order valence-electron chi connectivity index (χ1n) is 7.28. The van der Waals surface area contributed by atoms with E-state index in [4.69, 9.17) is 10.5 Å². The molecule has 1 aliphatic rings. The second-order valence-electron chi connectivity index (χ2n) is 5.16. The summed E-state index contributed by atoms with van der Waals surface area (Å²) >= 11 is 0. The van der Waals surface area contributed by atoms with E-state index in [1.54, 1.807) is 0 Å². The number of esters is 1. The lowest BCUT2D eigenvalue weighted by Gasteiger charge is -2.31. The minimum absolute atomic E-state index is 0.0414. The normalized spacial score (nSPS) is 18.2. The highest BCUT2D eigenvalue weighted by atomic mass is 16.5. The molecule has 0 radical (unpaired) electrons. The van der Waals surface area contributed by atoms with Gasteiger partial charge in [0.05, 0.1) is 12.5 Å². The Bertz CT molecular complexity index is 299. The maximum absolute atomic E-state index is 12.0. The fraction of sp³-hybridized carbons (Fsp3) is 0.857. The first kappa shape index (κ1) is 16.0. The zero-order chi connectivity index (χ0) is 14.3. The molecule has 0 aliphatic carbocycles. The van der Waals surface area contributed by atoms with Gasteiger partial charge in [0, 0.05) is 25.6 Å². The molecular weight excluding hydrogens is 244 g/mol.